The Morgan fingerprint density at radius 3 is 2.32 bits per heavy atom. The van der Waals surface area contributed by atoms with Crippen LogP contribution in [0, 0.1) is 0 Å². The van der Waals surface area contributed by atoms with E-state index < -0.39 is 0 Å². The third-order valence-corrected chi connectivity index (χ3v) is 4.63. The lowest BCUT2D eigenvalue weighted by Gasteiger charge is -2.39. The molecule has 1 aliphatic heterocycles. The highest BCUT2D eigenvalue weighted by Gasteiger charge is 2.32. The van der Waals surface area contributed by atoms with Crippen LogP contribution in [0.3, 0.4) is 0 Å². The van der Waals surface area contributed by atoms with E-state index in [1.54, 1.807) is 7.11 Å². The van der Waals surface area contributed by atoms with E-state index in [-0.39, 0.29) is 0 Å². The van der Waals surface area contributed by atoms with Gasteiger partial charge < -0.3 is 14.4 Å². The molecular weight excluding hydrogens is 238 g/mol. The van der Waals surface area contributed by atoms with Gasteiger partial charge in [0.15, 0.2) is 0 Å². The number of hydrogen-bond acceptors (Lipinski definition) is 3. The maximum absolute atomic E-state index is 6.14. The number of unbranched alkanes of at least 4 members (excludes halogenated alkanes) is 3. The van der Waals surface area contributed by atoms with Crippen LogP contribution in [0.5, 0.6) is 0 Å². The monoisotopic (exact) mass is 269 g/mol. The van der Waals surface area contributed by atoms with E-state index in [4.69, 9.17) is 9.47 Å². The van der Waals surface area contributed by atoms with Crippen molar-refractivity contribution in [3.63, 3.8) is 0 Å². The van der Waals surface area contributed by atoms with E-state index in [1.807, 2.05) is 0 Å². The summed E-state index contributed by atoms with van der Waals surface area (Å²) in [5, 5.41) is 0. The molecule has 0 aromatic carbocycles. The van der Waals surface area contributed by atoms with E-state index in [0.29, 0.717) is 18.3 Å². The van der Waals surface area contributed by atoms with Crippen molar-refractivity contribution in [2.24, 2.45) is 0 Å². The zero-order valence-corrected chi connectivity index (χ0v) is 12.8. The SMILES string of the molecule is CCCCCCN1CCC(OC2CC(OC)C2)CC1. The second-order valence-electron chi connectivity index (χ2n) is 6.19. The minimum absolute atomic E-state index is 0.462. The van der Waals surface area contributed by atoms with Crippen molar-refractivity contribution in [1.82, 2.24) is 4.90 Å². The van der Waals surface area contributed by atoms with Crippen LogP contribution >= 0.6 is 0 Å². The first kappa shape index (κ1) is 15.3. The molecule has 0 unspecified atom stereocenters. The Labute approximate surface area is 118 Å². The molecule has 0 atom stereocenters. The molecule has 1 saturated heterocycles. The molecule has 0 bridgehead atoms. The van der Waals surface area contributed by atoms with Crippen LogP contribution in [0.4, 0.5) is 0 Å². The van der Waals surface area contributed by atoms with Gasteiger partial charge in [0.1, 0.15) is 0 Å². The summed E-state index contributed by atoms with van der Waals surface area (Å²) < 4.78 is 11.4. The average Bonchev–Trinajstić information content (AvgIpc) is 2.40. The van der Waals surface area contributed by atoms with Crippen LogP contribution in [0.2, 0.25) is 0 Å². The van der Waals surface area contributed by atoms with Gasteiger partial charge in [0, 0.05) is 20.2 Å². The molecule has 1 heterocycles. The second kappa shape index (κ2) is 8.23. The topological polar surface area (TPSA) is 21.7 Å². The quantitative estimate of drug-likeness (QED) is 0.632. The van der Waals surface area contributed by atoms with Crippen LogP contribution in [-0.2, 0) is 9.47 Å². The number of ether oxygens (including phenoxy) is 2. The van der Waals surface area contributed by atoms with Crippen molar-refractivity contribution in [2.75, 3.05) is 26.7 Å². The van der Waals surface area contributed by atoms with E-state index >= 15 is 0 Å². The van der Waals surface area contributed by atoms with E-state index in [0.717, 1.165) is 12.8 Å². The molecular formula is C16H31NO2. The average molecular weight is 269 g/mol. The van der Waals surface area contributed by atoms with Crippen molar-refractivity contribution in [3.8, 4) is 0 Å². The number of rotatable bonds is 8. The van der Waals surface area contributed by atoms with Gasteiger partial charge in [-0.15, -0.1) is 0 Å². The first-order valence-electron chi connectivity index (χ1n) is 8.22. The fraction of sp³-hybridized carbons (Fsp3) is 1.00. The predicted molar refractivity (Wildman–Crippen MR) is 78.5 cm³/mol. The van der Waals surface area contributed by atoms with E-state index in [9.17, 15) is 0 Å². The molecule has 3 nitrogen and oxygen atoms in total. The van der Waals surface area contributed by atoms with Crippen molar-refractivity contribution in [1.29, 1.82) is 0 Å². The molecule has 112 valence electrons. The molecule has 1 aliphatic carbocycles. The van der Waals surface area contributed by atoms with Crippen molar-refractivity contribution < 1.29 is 9.47 Å². The summed E-state index contributed by atoms with van der Waals surface area (Å²) in [5.41, 5.74) is 0. The molecule has 2 fully saturated rings. The Hall–Kier alpha value is -0.120. The van der Waals surface area contributed by atoms with Gasteiger partial charge in [-0.1, -0.05) is 26.2 Å². The Balaban J connectivity index is 1.50. The highest BCUT2D eigenvalue weighted by atomic mass is 16.5. The van der Waals surface area contributed by atoms with Crippen molar-refractivity contribution in [3.05, 3.63) is 0 Å². The van der Waals surface area contributed by atoms with Gasteiger partial charge in [-0.05, 0) is 38.6 Å². The number of likely N-dealkylation sites (tertiary alicyclic amines) is 1. The lowest BCUT2D eigenvalue weighted by atomic mass is 9.91. The Morgan fingerprint density at radius 1 is 0.947 bits per heavy atom. The second-order valence-corrected chi connectivity index (χ2v) is 6.19. The number of methoxy groups -OCH3 is 1. The molecule has 3 heteroatoms. The van der Waals surface area contributed by atoms with Crippen LogP contribution in [-0.4, -0.2) is 50.0 Å². The predicted octanol–water partition coefficient (Wildman–Crippen LogP) is 3.23. The zero-order valence-electron chi connectivity index (χ0n) is 12.8. The fourth-order valence-corrected chi connectivity index (χ4v) is 3.12. The zero-order chi connectivity index (χ0) is 13.5. The standard InChI is InChI=1S/C16H31NO2/c1-3-4-5-6-9-17-10-7-14(8-11-17)19-16-12-15(13-16)18-2/h14-16H,3-13H2,1-2H3. The van der Waals surface area contributed by atoms with Gasteiger partial charge >= 0.3 is 0 Å². The smallest absolute Gasteiger partial charge is 0.0628 e. The highest BCUT2D eigenvalue weighted by molar-refractivity contribution is 4.83. The third kappa shape index (κ3) is 5.05. The summed E-state index contributed by atoms with van der Waals surface area (Å²) >= 11 is 0. The molecule has 19 heavy (non-hydrogen) atoms. The molecule has 2 rings (SSSR count). The Morgan fingerprint density at radius 2 is 1.68 bits per heavy atom. The molecule has 0 aromatic rings. The lowest BCUT2D eigenvalue weighted by Crippen LogP contribution is -2.43. The molecule has 0 amide bonds. The minimum atomic E-state index is 0.462. The van der Waals surface area contributed by atoms with Gasteiger partial charge in [0.25, 0.3) is 0 Å². The van der Waals surface area contributed by atoms with E-state index in [1.165, 1.54) is 58.2 Å². The summed E-state index contributed by atoms with van der Waals surface area (Å²) in [6, 6.07) is 0. The molecule has 0 N–H and O–H groups in total. The number of nitrogens with zero attached hydrogens (tertiary/aromatic N) is 1. The number of piperidine rings is 1. The van der Waals surface area contributed by atoms with Crippen LogP contribution < -0.4 is 0 Å². The highest BCUT2D eigenvalue weighted by Crippen LogP contribution is 2.29. The summed E-state index contributed by atoms with van der Waals surface area (Å²) in [6.07, 6.45) is 11.6. The Kier molecular flexibility index (Phi) is 6.62. The fourth-order valence-electron chi connectivity index (χ4n) is 3.12. The van der Waals surface area contributed by atoms with Crippen molar-refractivity contribution >= 4 is 0 Å². The molecule has 0 radical (unpaired) electrons. The van der Waals surface area contributed by atoms with Gasteiger partial charge in [-0.3, -0.25) is 0 Å². The van der Waals surface area contributed by atoms with Gasteiger partial charge in [0.05, 0.1) is 18.3 Å². The first-order chi connectivity index (χ1) is 9.31. The van der Waals surface area contributed by atoms with Gasteiger partial charge in [-0.2, -0.15) is 0 Å². The van der Waals surface area contributed by atoms with Crippen LogP contribution in [0.25, 0.3) is 0 Å². The maximum atomic E-state index is 6.14. The van der Waals surface area contributed by atoms with E-state index in [2.05, 4.69) is 11.8 Å². The largest absolute Gasteiger partial charge is 0.381 e. The third-order valence-electron chi connectivity index (χ3n) is 4.63. The molecule has 1 saturated carbocycles. The first-order valence-corrected chi connectivity index (χ1v) is 8.22. The summed E-state index contributed by atoms with van der Waals surface area (Å²) in [7, 11) is 1.80. The summed E-state index contributed by atoms with van der Waals surface area (Å²) in [4.78, 5) is 2.62. The lowest BCUT2D eigenvalue weighted by molar-refractivity contribution is -0.126. The van der Waals surface area contributed by atoms with Gasteiger partial charge in [0.2, 0.25) is 0 Å². The minimum Gasteiger partial charge on any atom is -0.381 e. The normalized spacial score (nSPS) is 29.4. The van der Waals surface area contributed by atoms with Crippen molar-refractivity contribution in [2.45, 2.75) is 76.6 Å². The molecule has 0 spiro atoms. The summed E-state index contributed by atoms with van der Waals surface area (Å²) in [6.45, 7) is 6.04. The number of hydrogen-bond donors (Lipinski definition) is 0. The summed E-state index contributed by atoms with van der Waals surface area (Å²) in [5.74, 6) is 0. The van der Waals surface area contributed by atoms with Crippen LogP contribution in [0.1, 0.15) is 58.3 Å². The molecule has 2 aliphatic rings. The molecule has 0 aromatic heterocycles. The van der Waals surface area contributed by atoms with Gasteiger partial charge in [-0.25, -0.2) is 0 Å². The van der Waals surface area contributed by atoms with Crippen LogP contribution in [0.15, 0.2) is 0 Å². The maximum Gasteiger partial charge on any atom is 0.0628 e. The Bertz CT molecular complexity index is 233.